The van der Waals surface area contributed by atoms with Crippen LogP contribution >= 0.6 is 0 Å². The Kier molecular flexibility index (Phi) is 4.88. The number of sulfonamides is 1. The highest BCUT2D eigenvalue weighted by molar-refractivity contribution is 7.89. The van der Waals surface area contributed by atoms with Crippen molar-refractivity contribution < 1.29 is 8.42 Å². The number of piperidine rings is 1. The lowest BCUT2D eigenvalue weighted by atomic mass is 10.0. The predicted molar refractivity (Wildman–Crippen MR) is 95.6 cm³/mol. The Bertz CT molecular complexity index is 885. The predicted octanol–water partition coefficient (Wildman–Crippen LogP) is 1.68. The van der Waals surface area contributed by atoms with Gasteiger partial charge >= 0.3 is 0 Å². The number of hydrogen-bond acceptors (Lipinski definition) is 6. The van der Waals surface area contributed by atoms with Crippen molar-refractivity contribution in [3.63, 3.8) is 0 Å². The Hall–Kier alpha value is -2.63. The van der Waals surface area contributed by atoms with Crippen molar-refractivity contribution in [1.29, 1.82) is 5.26 Å². The maximum Gasteiger partial charge on any atom is 0.238 e. The van der Waals surface area contributed by atoms with Crippen LogP contribution in [0.3, 0.4) is 0 Å². The van der Waals surface area contributed by atoms with E-state index in [2.05, 4.69) is 15.2 Å². The Morgan fingerprint density at radius 2 is 2.00 bits per heavy atom. The zero-order chi connectivity index (χ0) is 17.9. The summed E-state index contributed by atoms with van der Waals surface area (Å²) in [6.45, 7) is 1.73. The fraction of sp³-hybridized carbons (Fsp3) is 0.294. The van der Waals surface area contributed by atoms with Gasteiger partial charge in [0.05, 0.1) is 16.1 Å². The van der Waals surface area contributed by atoms with Crippen molar-refractivity contribution in [2.45, 2.75) is 23.8 Å². The van der Waals surface area contributed by atoms with Gasteiger partial charge < -0.3 is 10.2 Å². The maximum absolute atomic E-state index is 11.4. The molecule has 0 atom stereocenters. The van der Waals surface area contributed by atoms with Gasteiger partial charge in [0, 0.05) is 25.3 Å². The number of nitrogens with one attached hydrogen (secondary N) is 1. The second kappa shape index (κ2) is 7.09. The number of nitriles is 1. The second-order valence-electron chi connectivity index (χ2n) is 5.96. The summed E-state index contributed by atoms with van der Waals surface area (Å²) in [7, 11) is -3.82. The molecule has 0 radical (unpaired) electrons. The standard InChI is InChI=1S/C17H19N5O2S/c18-12-13-11-15(25(19,23)24)4-5-16(13)21-14-6-9-22(10-7-14)17-3-1-2-8-20-17/h1-5,8,11,14,21H,6-7,9-10H2,(H2,19,23,24). The molecule has 0 saturated carbocycles. The lowest BCUT2D eigenvalue weighted by Gasteiger charge is -2.33. The molecule has 3 N–H and O–H groups in total. The summed E-state index contributed by atoms with van der Waals surface area (Å²) in [6.07, 6.45) is 3.59. The summed E-state index contributed by atoms with van der Waals surface area (Å²) in [5.74, 6) is 0.969. The molecule has 0 bridgehead atoms. The molecule has 0 unspecified atom stereocenters. The van der Waals surface area contributed by atoms with Gasteiger partial charge in [-0.25, -0.2) is 18.5 Å². The van der Waals surface area contributed by atoms with E-state index in [4.69, 9.17) is 5.14 Å². The Labute approximate surface area is 147 Å². The van der Waals surface area contributed by atoms with Crippen LogP contribution in [0.1, 0.15) is 18.4 Å². The van der Waals surface area contributed by atoms with Crippen molar-refractivity contribution in [1.82, 2.24) is 4.98 Å². The number of primary sulfonamides is 1. The Balaban J connectivity index is 1.67. The van der Waals surface area contributed by atoms with Gasteiger partial charge in [-0.3, -0.25) is 0 Å². The van der Waals surface area contributed by atoms with Gasteiger partial charge in [-0.2, -0.15) is 5.26 Å². The third-order valence-electron chi connectivity index (χ3n) is 4.27. The van der Waals surface area contributed by atoms with E-state index in [1.807, 2.05) is 24.3 Å². The van der Waals surface area contributed by atoms with Crippen LogP contribution in [0.25, 0.3) is 0 Å². The third-order valence-corrected chi connectivity index (χ3v) is 5.18. The van der Waals surface area contributed by atoms with Gasteiger partial charge in [0.1, 0.15) is 11.9 Å². The molecule has 25 heavy (non-hydrogen) atoms. The number of benzene rings is 1. The molecule has 1 aliphatic rings. The average molecular weight is 357 g/mol. The van der Waals surface area contributed by atoms with Crippen molar-refractivity contribution >= 4 is 21.5 Å². The minimum atomic E-state index is -3.82. The summed E-state index contributed by atoms with van der Waals surface area (Å²) in [5, 5.41) is 17.7. The van der Waals surface area contributed by atoms with E-state index >= 15 is 0 Å². The molecule has 3 rings (SSSR count). The Morgan fingerprint density at radius 1 is 1.24 bits per heavy atom. The van der Waals surface area contributed by atoms with Gasteiger partial charge in [-0.15, -0.1) is 0 Å². The molecular weight excluding hydrogens is 338 g/mol. The van der Waals surface area contributed by atoms with Gasteiger partial charge in [0.25, 0.3) is 0 Å². The SMILES string of the molecule is N#Cc1cc(S(N)(=O)=O)ccc1NC1CCN(c2ccccn2)CC1. The van der Waals surface area contributed by atoms with E-state index in [-0.39, 0.29) is 16.5 Å². The largest absolute Gasteiger partial charge is 0.381 e. The van der Waals surface area contributed by atoms with Gasteiger partial charge in [-0.1, -0.05) is 6.07 Å². The van der Waals surface area contributed by atoms with Crippen molar-refractivity contribution in [2.24, 2.45) is 5.14 Å². The summed E-state index contributed by atoms with van der Waals surface area (Å²) in [6, 6.07) is 12.4. The minimum absolute atomic E-state index is 0.0560. The molecule has 0 aliphatic carbocycles. The zero-order valence-electron chi connectivity index (χ0n) is 13.6. The van der Waals surface area contributed by atoms with Crippen LogP contribution in [-0.2, 0) is 10.0 Å². The van der Waals surface area contributed by atoms with Gasteiger partial charge in [0.15, 0.2) is 0 Å². The topological polar surface area (TPSA) is 112 Å². The maximum atomic E-state index is 11.4. The van der Waals surface area contributed by atoms with E-state index in [1.54, 1.807) is 12.3 Å². The van der Waals surface area contributed by atoms with E-state index in [0.717, 1.165) is 31.7 Å². The number of nitrogens with zero attached hydrogens (tertiary/aromatic N) is 3. The van der Waals surface area contributed by atoms with E-state index in [9.17, 15) is 13.7 Å². The van der Waals surface area contributed by atoms with Crippen LogP contribution in [0.2, 0.25) is 0 Å². The number of nitrogens with two attached hydrogens (primary N) is 1. The fourth-order valence-corrected chi connectivity index (χ4v) is 3.47. The smallest absolute Gasteiger partial charge is 0.238 e. The first kappa shape index (κ1) is 17.2. The summed E-state index contributed by atoms with van der Waals surface area (Å²) in [5.41, 5.74) is 0.907. The second-order valence-corrected chi connectivity index (χ2v) is 7.52. The number of aromatic nitrogens is 1. The summed E-state index contributed by atoms with van der Waals surface area (Å²) < 4.78 is 22.8. The summed E-state index contributed by atoms with van der Waals surface area (Å²) in [4.78, 5) is 6.54. The normalized spacial score (nSPS) is 15.6. The monoisotopic (exact) mass is 357 g/mol. The molecule has 1 aromatic carbocycles. The van der Waals surface area contributed by atoms with Crippen molar-refractivity contribution in [3.8, 4) is 6.07 Å². The molecule has 1 saturated heterocycles. The molecule has 1 aliphatic heterocycles. The molecule has 2 heterocycles. The zero-order valence-corrected chi connectivity index (χ0v) is 14.4. The van der Waals surface area contributed by atoms with E-state index in [1.165, 1.54) is 12.1 Å². The highest BCUT2D eigenvalue weighted by Gasteiger charge is 2.21. The van der Waals surface area contributed by atoms with Gasteiger partial charge in [-0.05, 0) is 43.2 Å². The highest BCUT2D eigenvalue weighted by Crippen LogP contribution is 2.24. The van der Waals surface area contributed by atoms with Crippen LogP contribution in [0.4, 0.5) is 11.5 Å². The first-order chi connectivity index (χ1) is 12.0. The molecule has 2 aromatic rings. The third kappa shape index (κ3) is 4.07. The number of anilines is 2. The number of hydrogen-bond donors (Lipinski definition) is 2. The van der Waals surface area contributed by atoms with Crippen molar-refractivity contribution in [3.05, 3.63) is 48.2 Å². The summed E-state index contributed by atoms with van der Waals surface area (Å²) >= 11 is 0. The number of rotatable bonds is 4. The van der Waals surface area contributed by atoms with Crippen LogP contribution in [0, 0.1) is 11.3 Å². The molecule has 8 heteroatoms. The lowest BCUT2D eigenvalue weighted by Crippen LogP contribution is -2.39. The first-order valence-electron chi connectivity index (χ1n) is 7.97. The number of pyridine rings is 1. The van der Waals surface area contributed by atoms with Crippen LogP contribution in [-0.4, -0.2) is 32.5 Å². The van der Waals surface area contributed by atoms with Crippen LogP contribution in [0.5, 0.6) is 0 Å². The molecular formula is C17H19N5O2S. The van der Waals surface area contributed by atoms with Crippen LogP contribution < -0.4 is 15.4 Å². The molecule has 1 fully saturated rings. The quantitative estimate of drug-likeness (QED) is 0.861. The van der Waals surface area contributed by atoms with E-state index < -0.39 is 10.0 Å². The van der Waals surface area contributed by atoms with Crippen LogP contribution in [0.15, 0.2) is 47.5 Å². The average Bonchev–Trinajstić information content (AvgIpc) is 2.62. The fourth-order valence-electron chi connectivity index (χ4n) is 2.93. The van der Waals surface area contributed by atoms with Gasteiger partial charge in [0.2, 0.25) is 10.0 Å². The molecule has 0 amide bonds. The van der Waals surface area contributed by atoms with E-state index in [0.29, 0.717) is 5.69 Å². The molecule has 7 nitrogen and oxygen atoms in total. The Morgan fingerprint density at radius 3 is 2.60 bits per heavy atom. The molecule has 1 aromatic heterocycles. The highest BCUT2D eigenvalue weighted by atomic mass is 32.2. The van der Waals surface area contributed by atoms with Crippen molar-refractivity contribution in [2.75, 3.05) is 23.3 Å². The molecule has 0 spiro atoms. The first-order valence-corrected chi connectivity index (χ1v) is 9.51. The molecule has 130 valence electrons. The lowest BCUT2D eigenvalue weighted by molar-refractivity contribution is 0.523. The minimum Gasteiger partial charge on any atom is -0.381 e.